The number of thioether (sulfide) groups is 1. The Morgan fingerprint density at radius 2 is 1.84 bits per heavy atom. The van der Waals surface area contributed by atoms with Crippen molar-refractivity contribution in [2.75, 3.05) is 25.9 Å². The van der Waals surface area contributed by atoms with E-state index in [1.807, 2.05) is 18.7 Å². The number of likely N-dealkylation sites (N-methyl/N-ethyl adjacent to an activating group) is 1. The molecule has 0 aliphatic heterocycles. The molecule has 25 heavy (non-hydrogen) atoms. The maximum atomic E-state index is 12.5. The third-order valence-electron chi connectivity index (χ3n) is 4.43. The van der Waals surface area contributed by atoms with Gasteiger partial charge in [-0.25, -0.2) is 8.42 Å². The molecule has 0 atom stereocenters. The van der Waals surface area contributed by atoms with Crippen molar-refractivity contribution in [2.45, 2.75) is 49.2 Å². The summed E-state index contributed by atoms with van der Waals surface area (Å²) in [5.41, 5.74) is 0.995. The van der Waals surface area contributed by atoms with Crippen molar-refractivity contribution in [1.29, 1.82) is 0 Å². The van der Waals surface area contributed by atoms with Crippen molar-refractivity contribution >= 4 is 27.7 Å². The topological polar surface area (TPSA) is 66.5 Å². The van der Waals surface area contributed by atoms with Gasteiger partial charge in [0.2, 0.25) is 15.9 Å². The third-order valence-corrected chi connectivity index (χ3v) is 7.63. The van der Waals surface area contributed by atoms with E-state index in [1.165, 1.54) is 39.2 Å². The molecule has 5 nitrogen and oxygen atoms in total. The standard InChI is InChI=1S/C18H28N2O3S2/c1-15-8-10-17(11-9-15)25(22,23)20(2)14-18(21)19-12-13-24-16-6-4-3-5-7-16/h8-11,16H,3-7,12-14H2,1-2H3,(H,19,21). The fourth-order valence-corrected chi connectivity index (χ4v) is 5.23. The van der Waals surface area contributed by atoms with Crippen LogP contribution in [0.25, 0.3) is 0 Å². The summed E-state index contributed by atoms with van der Waals surface area (Å²) in [5.74, 6) is 0.618. The van der Waals surface area contributed by atoms with Crippen molar-refractivity contribution in [3.63, 3.8) is 0 Å². The van der Waals surface area contributed by atoms with Gasteiger partial charge in [-0.05, 0) is 31.9 Å². The molecular formula is C18H28N2O3S2. The van der Waals surface area contributed by atoms with E-state index in [4.69, 9.17) is 0 Å². The highest BCUT2D eigenvalue weighted by Crippen LogP contribution is 2.27. The number of nitrogens with one attached hydrogen (secondary N) is 1. The van der Waals surface area contributed by atoms with E-state index >= 15 is 0 Å². The molecule has 1 fully saturated rings. The molecule has 0 bridgehead atoms. The van der Waals surface area contributed by atoms with Crippen molar-refractivity contribution in [1.82, 2.24) is 9.62 Å². The van der Waals surface area contributed by atoms with Crippen LogP contribution in [0.4, 0.5) is 0 Å². The number of carbonyl (C=O) groups is 1. The Bertz CT molecular complexity index is 653. The minimum absolute atomic E-state index is 0.162. The molecule has 0 aromatic heterocycles. The first-order valence-electron chi connectivity index (χ1n) is 8.81. The van der Waals surface area contributed by atoms with Crippen molar-refractivity contribution in [3.05, 3.63) is 29.8 Å². The summed E-state index contributed by atoms with van der Waals surface area (Å²) in [6.45, 7) is 2.32. The summed E-state index contributed by atoms with van der Waals surface area (Å²) in [6.07, 6.45) is 6.51. The molecule has 0 saturated heterocycles. The summed E-state index contributed by atoms with van der Waals surface area (Å²) >= 11 is 1.92. The summed E-state index contributed by atoms with van der Waals surface area (Å²) in [4.78, 5) is 12.2. The van der Waals surface area contributed by atoms with Crippen molar-refractivity contribution in [2.24, 2.45) is 0 Å². The van der Waals surface area contributed by atoms with E-state index in [1.54, 1.807) is 24.3 Å². The minimum atomic E-state index is -3.63. The summed E-state index contributed by atoms with van der Waals surface area (Å²) in [7, 11) is -2.20. The van der Waals surface area contributed by atoms with Gasteiger partial charge in [0.1, 0.15) is 0 Å². The zero-order valence-electron chi connectivity index (χ0n) is 15.0. The number of sulfonamides is 1. The predicted octanol–water partition coefficient (Wildman–Crippen LogP) is 2.80. The average molecular weight is 385 g/mol. The molecule has 0 radical (unpaired) electrons. The lowest BCUT2D eigenvalue weighted by molar-refractivity contribution is -0.121. The van der Waals surface area contributed by atoms with Gasteiger partial charge in [-0.2, -0.15) is 16.1 Å². The van der Waals surface area contributed by atoms with Crippen LogP contribution in [0.3, 0.4) is 0 Å². The smallest absolute Gasteiger partial charge is 0.243 e. The lowest BCUT2D eigenvalue weighted by Gasteiger charge is -2.21. The maximum absolute atomic E-state index is 12.5. The maximum Gasteiger partial charge on any atom is 0.243 e. The van der Waals surface area contributed by atoms with Gasteiger partial charge in [0, 0.05) is 24.6 Å². The number of rotatable bonds is 8. The normalized spacial score (nSPS) is 16.1. The Morgan fingerprint density at radius 1 is 1.20 bits per heavy atom. The number of amides is 1. The van der Waals surface area contributed by atoms with Gasteiger partial charge in [-0.1, -0.05) is 37.0 Å². The number of benzene rings is 1. The molecule has 0 heterocycles. The number of nitrogens with zero attached hydrogens (tertiary/aromatic N) is 1. The molecule has 1 aliphatic carbocycles. The highest BCUT2D eigenvalue weighted by Gasteiger charge is 2.22. The molecular weight excluding hydrogens is 356 g/mol. The molecule has 1 N–H and O–H groups in total. The molecule has 1 amide bonds. The van der Waals surface area contributed by atoms with Gasteiger partial charge in [0.05, 0.1) is 11.4 Å². The van der Waals surface area contributed by atoms with Gasteiger partial charge in [0.15, 0.2) is 0 Å². The van der Waals surface area contributed by atoms with Gasteiger partial charge >= 0.3 is 0 Å². The second-order valence-corrected chi connectivity index (χ2v) is 10.0. The van der Waals surface area contributed by atoms with Gasteiger partial charge in [0.25, 0.3) is 0 Å². The van der Waals surface area contributed by atoms with Crippen LogP contribution in [0.15, 0.2) is 29.2 Å². The van der Waals surface area contributed by atoms with E-state index in [0.29, 0.717) is 6.54 Å². The molecule has 0 spiro atoms. The van der Waals surface area contributed by atoms with Gasteiger partial charge < -0.3 is 5.32 Å². The molecule has 1 saturated carbocycles. The molecule has 1 aromatic carbocycles. The van der Waals surface area contributed by atoms with E-state index in [-0.39, 0.29) is 17.3 Å². The second kappa shape index (κ2) is 9.59. The third kappa shape index (κ3) is 6.31. The van der Waals surface area contributed by atoms with E-state index < -0.39 is 10.0 Å². The Morgan fingerprint density at radius 3 is 2.48 bits per heavy atom. The number of aryl methyl sites for hydroxylation is 1. The molecule has 7 heteroatoms. The Balaban J connectivity index is 1.74. The molecule has 1 aliphatic rings. The zero-order valence-corrected chi connectivity index (χ0v) is 16.7. The molecule has 1 aromatic rings. The highest BCUT2D eigenvalue weighted by molar-refractivity contribution is 7.99. The van der Waals surface area contributed by atoms with Crippen LogP contribution >= 0.6 is 11.8 Å². The fraction of sp³-hybridized carbons (Fsp3) is 0.611. The highest BCUT2D eigenvalue weighted by atomic mass is 32.2. The summed E-state index contributed by atoms with van der Waals surface area (Å²) in [6, 6.07) is 6.65. The van der Waals surface area contributed by atoms with E-state index in [0.717, 1.165) is 20.9 Å². The van der Waals surface area contributed by atoms with Crippen molar-refractivity contribution in [3.8, 4) is 0 Å². The Labute approximate surface area is 155 Å². The lowest BCUT2D eigenvalue weighted by atomic mass is 10.0. The van der Waals surface area contributed by atoms with Crippen LogP contribution in [0, 0.1) is 6.92 Å². The molecule has 2 rings (SSSR count). The average Bonchev–Trinajstić information content (AvgIpc) is 2.60. The van der Waals surface area contributed by atoms with Crippen LogP contribution in [0.1, 0.15) is 37.7 Å². The van der Waals surface area contributed by atoms with E-state index in [9.17, 15) is 13.2 Å². The quantitative estimate of drug-likeness (QED) is 0.700. The summed E-state index contributed by atoms with van der Waals surface area (Å²) in [5, 5.41) is 3.54. The Hall–Kier alpha value is -1.05. The van der Waals surface area contributed by atoms with Crippen molar-refractivity contribution < 1.29 is 13.2 Å². The van der Waals surface area contributed by atoms with Crippen LogP contribution in [0.5, 0.6) is 0 Å². The van der Waals surface area contributed by atoms with Crippen LogP contribution in [-0.4, -0.2) is 49.8 Å². The molecule has 0 unspecified atom stereocenters. The van der Waals surface area contributed by atoms with Crippen LogP contribution in [-0.2, 0) is 14.8 Å². The first-order chi connectivity index (χ1) is 11.9. The zero-order chi connectivity index (χ0) is 18.3. The Kier molecular flexibility index (Phi) is 7.78. The second-order valence-electron chi connectivity index (χ2n) is 6.55. The van der Waals surface area contributed by atoms with E-state index in [2.05, 4.69) is 5.32 Å². The molecule has 140 valence electrons. The SMILES string of the molecule is Cc1ccc(S(=O)(=O)N(C)CC(=O)NCCSC2CCCCC2)cc1. The van der Waals surface area contributed by atoms with Crippen LogP contribution in [0.2, 0.25) is 0 Å². The van der Waals surface area contributed by atoms with Gasteiger partial charge in [-0.15, -0.1) is 0 Å². The number of hydrogen-bond acceptors (Lipinski definition) is 4. The summed E-state index contributed by atoms with van der Waals surface area (Å²) < 4.78 is 26.0. The number of carbonyl (C=O) groups excluding carboxylic acids is 1. The predicted molar refractivity (Wildman–Crippen MR) is 103 cm³/mol. The van der Waals surface area contributed by atoms with Gasteiger partial charge in [-0.3, -0.25) is 4.79 Å². The minimum Gasteiger partial charge on any atom is -0.354 e. The lowest BCUT2D eigenvalue weighted by Crippen LogP contribution is -2.39. The largest absolute Gasteiger partial charge is 0.354 e. The van der Waals surface area contributed by atoms with Crippen LogP contribution < -0.4 is 5.32 Å². The first kappa shape index (κ1) is 20.3. The number of hydrogen-bond donors (Lipinski definition) is 1. The fourth-order valence-electron chi connectivity index (χ4n) is 2.88. The first-order valence-corrected chi connectivity index (χ1v) is 11.3. The monoisotopic (exact) mass is 384 g/mol.